The summed E-state index contributed by atoms with van der Waals surface area (Å²) in [5, 5.41) is 0. The zero-order valence-corrected chi connectivity index (χ0v) is 25.8. The Kier molecular flexibility index (Phi) is 27.0. The minimum absolute atomic E-state index is 0.0797. The van der Waals surface area contributed by atoms with Crippen LogP contribution in [0.2, 0.25) is 0 Å². The van der Waals surface area contributed by atoms with Crippen LogP contribution in [0.25, 0.3) is 0 Å². The molecule has 0 aromatic carbocycles. The molecule has 2 N–H and O–H groups in total. The van der Waals surface area contributed by atoms with E-state index >= 15 is 0 Å². The average Bonchev–Trinajstić information content (AvgIpc) is 2.89. The molecule has 0 amide bonds. The molecule has 38 heavy (non-hydrogen) atoms. The molecule has 0 saturated carbocycles. The van der Waals surface area contributed by atoms with Crippen molar-refractivity contribution >= 4 is 19.8 Å². The maximum atomic E-state index is 12.8. The second kappa shape index (κ2) is 27.6. The summed E-state index contributed by atoms with van der Waals surface area (Å²) in [6, 6.07) is 0. The highest BCUT2D eigenvalue weighted by Crippen LogP contribution is 2.50. The van der Waals surface area contributed by atoms with E-state index in [-0.39, 0.29) is 26.0 Å². The Morgan fingerprint density at radius 3 is 1.11 bits per heavy atom. The zero-order chi connectivity index (χ0) is 28.2. The van der Waals surface area contributed by atoms with E-state index in [9.17, 15) is 14.2 Å². The van der Waals surface area contributed by atoms with Gasteiger partial charge in [0.15, 0.2) is 0 Å². The van der Waals surface area contributed by atoms with Crippen LogP contribution >= 0.6 is 7.82 Å². The summed E-state index contributed by atoms with van der Waals surface area (Å²) < 4.78 is 27.9. The zero-order valence-electron chi connectivity index (χ0n) is 24.9. The van der Waals surface area contributed by atoms with Gasteiger partial charge in [-0.2, -0.15) is 0 Å². The molecule has 0 rings (SSSR count). The molecule has 0 fully saturated rings. The van der Waals surface area contributed by atoms with Crippen molar-refractivity contribution in [3.63, 3.8) is 0 Å². The Balaban J connectivity index is 3.99. The van der Waals surface area contributed by atoms with Crippen molar-refractivity contribution in [1.29, 1.82) is 0 Å². The molecule has 0 bridgehead atoms. The summed E-state index contributed by atoms with van der Waals surface area (Å²) in [7, 11) is -4.29. The van der Waals surface area contributed by atoms with E-state index < -0.39 is 19.8 Å². The summed E-state index contributed by atoms with van der Waals surface area (Å²) in [4.78, 5) is 24.5. The first-order chi connectivity index (χ1) is 18.5. The summed E-state index contributed by atoms with van der Waals surface area (Å²) in [6.45, 7) is 4.43. The molecule has 0 aliphatic rings. The highest BCUT2D eigenvalue weighted by atomic mass is 31.2. The largest absolute Gasteiger partial charge is 0.592 e. The van der Waals surface area contributed by atoms with E-state index in [1.807, 2.05) is 0 Å². The second-order valence-corrected chi connectivity index (χ2v) is 12.1. The van der Waals surface area contributed by atoms with Gasteiger partial charge in [0.2, 0.25) is 0 Å². The predicted octanol–water partition coefficient (Wildman–Crippen LogP) is 9.56. The van der Waals surface area contributed by atoms with Crippen LogP contribution in [-0.4, -0.2) is 25.1 Å². The van der Waals surface area contributed by atoms with Gasteiger partial charge < -0.3 is 14.8 Å². The van der Waals surface area contributed by atoms with E-state index in [2.05, 4.69) is 13.8 Å². The van der Waals surface area contributed by atoms with Crippen molar-refractivity contribution < 1.29 is 27.7 Å². The van der Waals surface area contributed by atoms with Crippen LogP contribution in [0.3, 0.4) is 0 Å². The smallest absolute Gasteiger partial charge is 0.361 e. The topological polar surface area (TPSA) is 105 Å². The Labute approximate surface area is 234 Å². The van der Waals surface area contributed by atoms with Gasteiger partial charge >= 0.3 is 19.8 Å². The van der Waals surface area contributed by atoms with Crippen molar-refractivity contribution in [3.05, 3.63) is 0 Å². The lowest BCUT2D eigenvalue weighted by molar-refractivity contribution is -0.141. The highest BCUT2D eigenvalue weighted by molar-refractivity contribution is 7.49. The van der Waals surface area contributed by atoms with Crippen LogP contribution in [0.1, 0.15) is 168 Å². The van der Waals surface area contributed by atoms with Gasteiger partial charge in [0.05, 0.1) is 6.61 Å². The van der Waals surface area contributed by atoms with E-state index in [1.165, 1.54) is 89.9 Å². The van der Waals surface area contributed by atoms with Gasteiger partial charge in [-0.3, -0.25) is 14.1 Å². The third-order valence-electron chi connectivity index (χ3n) is 6.76. The number of hydrogen-bond donors (Lipinski definition) is 1. The molecule has 0 aromatic heterocycles. The lowest BCUT2D eigenvalue weighted by Crippen LogP contribution is -2.14. The van der Waals surface area contributed by atoms with Gasteiger partial charge in [-0.15, -0.1) is 0 Å². The fourth-order valence-electron chi connectivity index (χ4n) is 4.44. The van der Waals surface area contributed by atoms with Gasteiger partial charge in [0, 0.05) is 19.4 Å². The normalized spacial score (nSPS) is 11.6. The van der Waals surface area contributed by atoms with Gasteiger partial charge in [-0.1, -0.05) is 142 Å². The number of phosphoric ester groups is 1. The van der Waals surface area contributed by atoms with Crippen LogP contribution in [0, 0.1) is 0 Å². The van der Waals surface area contributed by atoms with Crippen LogP contribution < -0.4 is 5.73 Å². The van der Waals surface area contributed by atoms with Crippen molar-refractivity contribution in [2.24, 2.45) is 5.73 Å². The van der Waals surface area contributed by atoms with Crippen LogP contribution in [-0.2, 0) is 27.7 Å². The highest BCUT2D eigenvalue weighted by Gasteiger charge is 2.34. The molecule has 8 heteroatoms. The number of unbranched alkanes of at least 4 members (excludes halogenated alkanes) is 20. The summed E-state index contributed by atoms with van der Waals surface area (Å²) in [5.41, 5.74) is 5.43. The maximum Gasteiger partial charge on any atom is 0.592 e. The molecule has 0 aliphatic heterocycles. The van der Waals surface area contributed by atoms with Crippen molar-refractivity contribution in [1.82, 2.24) is 0 Å². The first-order valence-corrected chi connectivity index (χ1v) is 17.3. The van der Waals surface area contributed by atoms with Crippen LogP contribution in [0.5, 0.6) is 0 Å². The standard InChI is InChI=1S/C30H60NO6P/c1-3-5-7-9-11-13-15-17-19-21-23-25-29(32)36-38(34,35-28-27-31)37-30(33)26-24-22-20-18-16-14-12-10-8-6-4-2/h3-28,31H2,1-2H3. The van der Waals surface area contributed by atoms with E-state index in [1.54, 1.807) is 0 Å². The number of carbonyl (C=O) groups is 2. The fraction of sp³-hybridized carbons (Fsp3) is 0.933. The average molecular weight is 562 g/mol. The van der Waals surface area contributed by atoms with Crippen molar-refractivity contribution in [2.45, 2.75) is 168 Å². The number of phosphoric acid groups is 1. The second-order valence-electron chi connectivity index (χ2n) is 10.6. The summed E-state index contributed by atoms with van der Waals surface area (Å²) in [6.07, 6.45) is 26.0. The van der Waals surface area contributed by atoms with Crippen molar-refractivity contribution in [2.75, 3.05) is 13.2 Å². The Morgan fingerprint density at radius 1 is 0.526 bits per heavy atom. The summed E-state index contributed by atoms with van der Waals surface area (Å²) in [5.74, 6) is -1.33. The fourth-order valence-corrected chi connectivity index (χ4v) is 5.60. The van der Waals surface area contributed by atoms with Crippen LogP contribution in [0.15, 0.2) is 0 Å². The monoisotopic (exact) mass is 561 g/mol. The molecular weight excluding hydrogens is 501 g/mol. The molecule has 226 valence electrons. The number of rotatable bonds is 29. The lowest BCUT2D eigenvalue weighted by atomic mass is 10.1. The number of hydrogen-bond acceptors (Lipinski definition) is 7. The molecule has 7 nitrogen and oxygen atoms in total. The molecule has 0 heterocycles. The summed E-state index contributed by atoms with van der Waals surface area (Å²) >= 11 is 0. The minimum Gasteiger partial charge on any atom is -0.361 e. The Morgan fingerprint density at radius 2 is 0.816 bits per heavy atom. The molecule has 0 unspecified atom stereocenters. The van der Waals surface area contributed by atoms with E-state index in [0.717, 1.165) is 38.5 Å². The molecule has 0 aromatic rings. The number of carbonyl (C=O) groups excluding carboxylic acids is 2. The first-order valence-electron chi connectivity index (χ1n) is 15.9. The molecule has 0 radical (unpaired) electrons. The van der Waals surface area contributed by atoms with Gasteiger partial charge in [-0.25, -0.2) is 4.57 Å². The van der Waals surface area contributed by atoms with Gasteiger partial charge in [0.25, 0.3) is 0 Å². The quantitative estimate of drug-likeness (QED) is 0.0716. The van der Waals surface area contributed by atoms with Crippen molar-refractivity contribution in [3.8, 4) is 0 Å². The molecule has 0 aliphatic carbocycles. The minimum atomic E-state index is -4.29. The molecular formula is C30H60NO6P. The molecule has 0 atom stereocenters. The maximum absolute atomic E-state index is 12.8. The van der Waals surface area contributed by atoms with Gasteiger partial charge in [0.1, 0.15) is 0 Å². The Hall–Kier alpha value is -0.910. The van der Waals surface area contributed by atoms with Crippen LogP contribution in [0.4, 0.5) is 0 Å². The SMILES string of the molecule is CCCCCCCCCCCCCC(=O)OP(=O)(OCCN)OC(=O)CCCCCCCCCCCCC. The third-order valence-corrected chi connectivity index (χ3v) is 8.12. The number of nitrogens with two attached hydrogens (primary N) is 1. The van der Waals surface area contributed by atoms with E-state index in [4.69, 9.17) is 19.3 Å². The molecule has 0 saturated heterocycles. The molecule has 0 spiro atoms. The lowest BCUT2D eigenvalue weighted by Gasteiger charge is -2.16. The van der Waals surface area contributed by atoms with E-state index in [0.29, 0.717) is 12.8 Å². The third kappa shape index (κ3) is 25.4. The first kappa shape index (κ1) is 37.1. The Bertz CT molecular complexity index is 557. The predicted molar refractivity (Wildman–Crippen MR) is 157 cm³/mol. The van der Waals surface area contributed by atoms with Gasteiger partial charge in [-0.05, 0) is 12.8 Å².